The van der Waals surface area contributed by atoms with Crippen LogP contribution in [0.4, 0.5) is 28.4 Å². The van der Waals surface area contributed by atoms with Crippen molar-refractivity contribution in [3.63, 3.8) is 0 Å². The van der Waals surface area contributed by atoms with Crippen LogP contribution in [0, 0.1) is 0 Å². The number of nitrogens with zero attached hydrogens (tertiary/aromatic N) is 2. The van der Waals surface area contributed by atoms with E-state index < -0.39 is 0 Å². The molecule has 3 heterocycles. The van der Waals surface area contributed by atoms with Crippen LogP contribution in [-0.2, 0) is 6.42 Å². The lowest BCUT2D eigenvalue weighted by Gasteiger charge is -2.29. The molecule has 1 N–H and O–H groups in total. The van der Waals surface area contributed by atoms with Crippen molar-refractivity contribution in [3.8, 4) is 16.8 Å². The van der Waals surface area contributed by atoms with E-state index in [4.69, 9.17) is 4.42 Å². The molecule has 0 unspecified atom stereocenters. The molecule has 71 heavy (non-hydrogen) atoms. The van der Waals surface area contributed by atoms with Crippen LogP contribution in [0.5, 0.6) is 0 Å². The Labute approximate surface area is 415 Å². The lowest BCUT2D eigenvalue weighted by Crippen LogP contribution is -2.37. The van der Waals surface area contributed by atoms with Crippen LogP contribution in [0.15, 0.2) is 235 Å². The summed E-state index contributed by atoms with van der Waals surface area (Å²) in [6.07, 6.45) is 4.75. The molecule has 13 rings (SSSR count). The fraction of sp³-hybridized carbons (Fsp3) is 0.0909. The Kier molecular flexibility index (Phi) is 10.8. The summed E-state index contributed by atoms with van der Waals surface area (Å²) < 4.78 is 9.16. The Bertz CT molecular complexity index is 3800. The van der Waals surface area contributed by atoms with Crippen LogP contribution in [0.3, 0.4) is 0 Å². The van der Waals surface area contributed by atoms with E-state index in [1.165, 1.54) is 68.8 Å². The van der Waals surface area contributed by atoms with Gasteiger partial charge in [-0.2, -0.15) is 0 Å². The molecular formula is C66H51BN3O. The topological polar surface area (TPSA) is 33.3 Å². The highest BCUT2D eigenvalue weighted by molar-refractivity contribution is 6.73. The number of unbranched alkanes of at least 4 members (excludes halogenated alkanes) is 2. The van der Waals surface area contributed by atoms with Crippen LogP contribution >= 0.6 is 0 Å². The Morgan fingerprint density at radius 2 is 1.17 bits per heavy atom. The van der Waals surface area contributed by atoms with Gasteiger partial charge in [0.25, 0.3) is 0 Å². The van der Waals surface area contributed by atoms with E-state index in [1.807, 2.05) is 0 Å². The zero-order valence-corrected chi connectivity index (χ0v) is 39.7. The second kappa shape index (κ2) is 18.1. The summed E-state index contributed by atoms with van der Waals surface area (Å²) in [5.41, 5.74) is 20.3. The third-order valence-corrected chi connectivity index (χ3v) is 14.5. The molecule has 0 bridgehead atoms. The van der Waals surface area contributed by atoms with Crippen molar-refractivity contribution in [2.45, 2.75) is 38.5 Å². The summed E-state index contributed by atoms with van der Waals surface area (Å²) in [6.45, 7) is 2.27. The fourth-order valence-electron chi connectivity index (χ4n) is 11.2. The van der Waals surface area contributed by atoms with Gasteiger partial charge in [0.05, 0.1) is 5.52 Å². The average molecular weight is 913 g/mol. The molecule has 0 atom stereocenters. The van der Waals surface area contributed by atoms with E-state index in [1.54, 1.807) is 0 Å². The minimum Gasteiger partial charge on any atom is -0.456 e. The third kappa shape index (κ3) is 7.57. The number of nitrogens with one attached hydrogen (secondary N) is 1. The van der Waals surface area contributed by atoms with E-state index in [-0.39, 0.29) is 5.92 Å². The Hall–Kier alpha value is -8.54. The fourth-order valence-corrected chi connectivity index (χ4v) is 11.2. The highest BCUT2D eigenvalue weighted by Gasteiger charge is 2.32. The second-order valence-electron chi connectivity index (χ2n) is 18.9. The Morgan fingerprint density at radius 3 is 1.86 bits per heavy atom. The van der Waals surface area contributed by atoms with Gasteiger partial charge < -0.3 is 19.2 Å². The minimum atomic E-state index is -0.0730. The molecule has 339 valence electrons. The molecule has 4 nitrogen and oxygen atoms in total. The third-order valence-electron chi connectivity index (χ3n) is 14.5. The first kappa shape index (κ1) is 42.6. The zero-order valence-electron chi connectivity index (χ0n) is 39.7. The van der Waals surface area contributed by atoms with Gasteiger partial charge in [-0.1, -0.05) is 171 Å². The largest absolute Gasteiger partial charge is 0.456 e. The highest BCUT2D eigenvalue weighted by Crippen LogP contribution is 2.47. The molecular weight excluding hydrogens is 862 g/mol. The van der Waals surface area contributed by atoms with Crippen molar-refractivity contribution in [2.75, 3.05) is 10.2 Å². The van der Waals surface area contributed by atoms with Gasteiger partial charge >= 0.3 is 0 Å². The van der Waals surface area contributed by atoms with Gasteiger partial charge in [0, 0.05) is 72.7 Å². The Balaban J connectivity index is 1.13. The molecule has 0 spiro atoms. The number of furan rings is 1. The molecule has 10 aromatic carbocycles. The first-order valence-electron chi connectivity index (χ1n) is 25.1. The van der Waals surface area contributed by atoms with Crippen LogP contribution < -0.4 is 21.1 Å². The minimum absolute atomic E-state index is 0.0730. The van der Waals surface area contributed by atoms with Gasteiger partial charge in [-0.3, -0.25) is 0 Å². The van der Waals surface area contributed by atoms with E-state index in [2.05, 4.69) is 260 Å². The van der Waals surface area contributed by atoms with Gasteiger partial charge in [-0.15, -0.1) is 0 Å². The molecule has 0 saturated heterocycles. The monoisotopic (exact) mass is 912 g/mol. The Morgan fingerprint density at radius 1 is 0.535 bits per heavy atom. The first-order chi connectivity index (χ1) is 35.2. The SMILES string of the molecule is CCCCCc1ccc(Nc2ccc(N(c3ccccc3)c3ccccc3)cc2-c2cc(C(c3ccccc3)c3ccccc3)c3c4ccccc4n4c3c2[B]c2cc3oc5ccccc5c3cc2-4)cc1. The molecule has 1 aliphatic heterocycles. The predicted molar refractivity (Wildman–Crippen MR) is 300 cm³/mol. The summed E-state index contributed by atoms with van der Waals surface area (Å²) in [5, 5.41) is 8.71. The molecule has 2 aromatic heterocycles. The van der Waals surface area contributed by atoms with Crippen molar-refractivity contribution in [2.24, 2.45) is 0 Å². The highest BCUT2D eigenvalue weighted by atomic mass is 16.3. The molecule has 0 amide bonds. The summed E-state index contributed by atoms with van der Waals surface area (Å²) in [5.74, 6) is -0.0730. The normalized spacial score (nSPS) is 11.9. The number of anilines is 5. The number of benzene rings is 10. The van der Waals surface area contributed by atoms with Gasteiger partial charge in [0.15, 0.2) is 7.28 Å². The summed E-state index contributed by atoms with van der Waals surface area (Å²) in [6, 6.07) is 84.1. The van der Waals surface area contributed by atoms with Crippen LogP contribution in [-0.4, -0.2) is 11.8 Å². The predicted octanol–water partition coefficient (Wildman–Crippen LogP) is 16.4. The molecule has 5 heteroatoms. The quantitative estimate of drug-likeness (QED) is 0.0711. The van der Waals surface area contributed by atoms with Gasteiger partial charge in [-0.05, 0) is 131 Å². The molecule has 12 aromatic rings. The van der Waals surface area contributed by atoms with E-state index in [0.717, 1.165) is 79.1 Å². The van der Waals surface area contributed by atoms with E-state index in [9.17, 15) is 0 Å². The van der Waals surface area contributed by atoms with Crippen molar-refractivity contribution in [1.82, 2.24) is 4.57 Å². The van der Waals surface area contributed by atoms with E-state index >= 15 is 0 Å². The molecule has 0 saturated carbocycles. The standard InChI is InChI=1S/C66H51BN3O/c1-2-3-8-21-44-34-36-47(37-35-44)68-58-39-38-50(69(48-26-13-6-14-27-48)49-28-15-7-16-29-49)40-53(58)55-41-56(63(45-22-9-4-10-23-45)46-24-11-5-12-25-46)64-52-31-17-19-32-59(52)70-60-42-54-51-30-18-20-33-61(51)71-62(54)43-57(60)67-65(55)66(64)70/h4-7,9-20,22-43,63,68H,2-3,8,21H2,1H3. The van der Waals surface area contributed by atoms with Crippen LogP contribution in [0.25, 0.3) is 60.6 Å². The summed E-state index contributed by atoms with van der Waals surface area (Å²) in [4.78, 5) is 2.37. The first-order valence-corrected chi connectivity index (χ1v) is 25.1. The average Bonchev–Trinajstić information content (AvgIpc) is 3.98. The molecule has 1 aliphatic rings. The number of rotatable bonds is 13. The maximum Gasteiger partial charge on any atom is 0.198 e. The number of hydrogen-bond donors (Lipinski definition) is 1. The van der Waals surface area contributed by atoms with Crippen LogP contribution in [0.2, 0.25) is 0 Å². The second-order valence-corrected chi connectivity index (χ2v) is 18.9. The van der Waals surface area contributed by atoms with Gasteiger partial charge in [-0.25, -0.2) is 0 Å². The zero-order chi connectivity index (χ0) is 47.3. The lowest BCUT2D eigenvalue weighted by atomic mass is 9.58. The number of aryl methyl sites for hydroxylation is 1. The van der Waals surface area contributed by atoms with Crippen molar-refractivity contribution in [3.05, 3.63) is 253 Å². The van der Waals surface area contributed by atoms with Crippen molar-refractivity contribution in [1.29, 1.82) is 0 Å². The van der Waals surface area contributed by atoms with E-state index in [0.29, 0.717) is 0 Å². The lowest BCUT2D eigenvalue weighted by molar-refractivity contribution is 0.669. The van der Waals surface area contributed by atoms with Crippen molar-refractivity contribution >= 4 is 90.4 Å². The van der Waals surface area contributed by atoms with Gasteiger partial charge in [0.1, 0.15) is 11.2 Å². The van der Waals surface area contributed by atoms with Crippen LogP contribution in [0.1, 0.15) is 54.4 Å². The summed E-state index contributed by atoms with van der Waals surface area (Å²) >= 11 is 0. The smallest absolute Gasteiger partial charge is 0.198 e. The van der Waals surface area contributed by atoms with Crippen molar-refractivity contribution < 1.29 is 4.42 Å². The molecule has 0 aliphatic carbocycles. The maximum absolute atomic E-state index is 6.61. The molecule has 0 fully saturated rings. The maximum atomic E-state index is 6.61. The number of hydrogen-bond acceptors (Lipinski definition) is 3. The number of aromatic nitrogens is 1. The number of para-hydroxylation sites is 4. The molecule has 1 radical (unpaired) electrons. The number of fused-ring (bicyclic) bond motifs is 8. The van der Waals surface area contributed by atoms with Gasteiger partial charge in [0.2, 0.25) is 0 Å². The summed E-state index contributed by atoms with van der Waals surface area (Å²) in [7, 11) is 2.43.